The molecule has 0 radical (unpaired) electrons. The fourth-order valence-electron chi connectivity index (χ4n) is 2.82. The van der Waals surface area contributed by atoms with E-state index in [0.29, 0.717) is 39.9 Å². The second-order valence-corrected chi connectivity index (χ2v) is 6.11. The molecule has 0 saturated carbocycles. The molecule has 1 aromatic heterocycles. The Morgan fingerprint density at radius 1 is 1.17 bits per heavy atom. The van der Waals surface area contributed by atoms with Gasteiger partial charge in [-0.2, -0.15) is 5.10 Å². The Morgan fingerprint density at radius 2 is 2.00 bits per heavy atom. The SMILES string of the molecule is COc1cc([N+](=O)[O-])ccc1-c1ccc(/C=N\NC(=O)c2ccc3c(c2)OCO3)o1. The number of nitro groups is 1. The number of amides is 1. The summed E-state index contributed by atoms with van der Waals surface area (Å²) in [4.78, 5) is 22.6. The number of nitrogens with zero attached hydrogens (tertiary/aromatic N) is 2. The fraction of sp³-hybridized carbons (Fsp3) is 0.100. The second-order valence-electron chi connectivity index (χ2n) is 6.11. The van der Waals surface area contributed by atoms with E-state index in [2.05, 4.69) is 10.5 Å². The van der Waals surface area contributed by atoms with Crippen LogP contribution in [0.1, 0.15) is 16.1 Å². The number of carbonyl (C=O) groups is 1. The molecule has 30 heavy (non-hydrogen) atoms. The quantitative estimate of drug-likeness (QED) is 0.376. The minimum absolute atomic E-state index is 0.0878. The van der Waals surface area contributed by atoms with Crippen molar-refractivity contribution in [3.05, 3.63) is 70.0 Å². The van der Waals surface area contributed by atoms with Crippen molar-refractivity contribution in [3.63, 3.8) is 0 Å². The third-order valence-electron chi connectivity index (χ3n) is 4.28. The Kier molecular flexibility index (Phi) is 5.04. The van der Waals surface area contributed by atoms with Gasteiger partial charge in [-0.1, -0.05) is 0 Å². The summed E-state index contributed by atoms with van der Waals surface area (Å²) in [6.07, 6.45) is 1.34. The number of fused-ring (bicyclic) bond motifs is 1. The zero-order valence-corrected chi connectivity index (χ0v) is 15.7. The monoisotopic (exact) mass is 409 g/mol. The van der Waals surface area contributed by atoms with E-state index in [4.69, 9.17) is 18.6 Å². The van der Waals surface area contributed by atoms with Gasteiger partial charge in [-0.3, -0.25) is 14.9 Å². The molecule has 2 aromatic carbocycles. The lowest BCUT2D eigenvalue weighted by Gasteiger charge is -2.05. The lowest BCUT2D eigenvalue weighted by atomic mass is 10.1. The predicted molar refractivity (Wildman–Crippen MR) is 105 cm³/mol. The van der Waals surface area contributed by atoms with Gasteiger partial charge in [0, 0.05) is 11.6 Å². The van der Waals surface area contributed by atoms with Crippen LogP contribution in [0.4, 0.5) is 5.69 Å². The van der Waals surface area contributed by atoms with E-state index < -0.39 is 10.8 Å². The number of rotatable bonds is 6. The highest BCUT2D eigenvalue weighted by Gasteiger charge is 2.17. The first-order valence-electron chi connectivity index (χ1n) is 8.71. The van der Waals surface area contributed by atoms with Crippen molar-refractivity contribution in [1.29, 1.82) is 0 Å². The number of non-ortho nitro benzene ring substituents is 1. The Bertz CT molecular complexity index is 1150. The summed E-state index contributed by atoms with van der Waals surface area (Å²) < 4.78 is 21.3. The van der Waals surface area contributed by atoms with Gasteiger partial charge in [-0.25, -0.2) is 5.43 Å². The van der Waals surface area contributed by atoms with Gasteiger partial charge < -0.3 is 18.6 Å². The summed E-state index contributed by atoms with van der Waals surface area (Å²) in [5, 5.41) is 14.8. The number of hydrazone groups is 1. The topological polar surface area (TPSA) is 125 Å². The van der Waals surface area contributed by atoms with Gasteiger partial charge in [-0.15, -0.1) is 0 Å². The minimum Gasteiger partial charge on any atom is -0.496 e. The molecular weight excluding hydrogens is 394 g/mol. The van der Waals surface area contributed by atoms with Gasteiger partial charge in [0.15, 0.2) is 11.5 Å². The third-order valence-corrected chi connectivity index (χ3v) is 4.28. The lowest BCUT2D eigenvalue weighted by Crippen LogP contribution is -2.17. The number of furan rings is 1. The fourth-order valence-corrected chi connectivity index (χ4v) is 2.82. The van der Waals surface area contributed by atoms with E-state index in [-0.39, 0.29) is 12.5 Å². The van der Waals surface area contributed by atoms with Gasteiger partial charge >= 0.3 is 0 Å². The lowest BCUT2D eigenvalue weighted by molar-refractivity contribution is -0.384. The summed E-state index contributed by atoms with van der Waals surface area (Å²) in [6.45, 7) is 0.124. The predicted octanol–water partition coefficient (Wildman–Crippen LogP) is 3.36. The number of carbonyl (C=O) groups excluding carboxylic acids is 1. The van der Waals surface area contributed by atoms with Crippen LogP contribution in [0, 0.1) is 10.1 Å². The third kappa shape index (κ3) is 3.78. The molecule has 0 aliphatic carbocycles. The van der Waals surface area contributed by atoms with Crippen LogP contribution in [0.25, 0.3) is 11.3 Å². The number of ether oxygens (including phenoxy) is 3. The molecule has 1 aliphatic heterocycles. The van der Waals surface area contributed by atoms with Crippen molar-refractivity contribution in [1.82, 2.24) is 5.43 Å². The van der Waals surface area contributed by atoms with Gasteiger partial charge in [0.1, 0.15) is 17.3 Å². The number of hydrogen-bond acceptors (Lipinski definition) is 8. The largest absolute Gasteiger partial charge is 0.496 e. The maximum atomic E-state index is 12.2. The second kappa shape index (κ2) is 7.95. The molecule has 10 nitrogen and oxygen atoms in total. The molecule has 10 heteroatoms. The van der Waals surface area contributed by atoms with Crippen LogP contribution >= 0.6 is 0 Å². The van der Waals surface area contributed by atoms with Crippen molar-refractivity contribution < 1.29 is 28.3 Å². The Morgan fingerprint density at radius 3 is 2.80 bits per heavy atom. The zero-order chi connectivity index (χ0) is 21.1. The van der Waals surface area contributed by atoms with Gasteiger partial charge in [0.05, 0.1) is 29.9 Å². The van der Waals surface area contributed by atoms with Gasteiger partial charge in [0.2, 0.25) is 6.79 Å². The molecule has 3 aromatic rings. The van der Waals surface area contributed by atoms with Crippen LogP contribution in [-0.4, -0.2) is 30.9 Å². The molecule has 0 saturated heterocycles. The highest BCUT2D eigenvalue weighted by Crippen LogP contribution is 2.34. The minimum atomic E-state index is -0.505. The van der Waals surface area contributed by atoms with Crippen molar-refractivity contribution >= 4 is 17.8 Å². The summed E-state index contributed by atoms with van der Waals surface area (Å²) in [6, 6.07) is 12.4. The van der Waals surface area contributed by atoms with Crippen LogP contribution in [0.15, 0.2) is 58.0 Å². The zero-order valence-electron chi connectivity index (χ0n) is 15.7. The van der Waals surface area contributed by atoms with Crippen LogP contribution in [0.2, 0.25) is 0 Å². The molecule has 0 bridgehead atoms. The number of hydrogen-bond donors (Lipinski definition) is 1. The average Bonchev–Trinajstić information content (AvgIpc) is 3.42. The summed E-state index contributed by atoms with van der Waals surface area (Å²) >= 11 is 0. The highest BCUT2D eigenvalue weighted by molar-refractivity contribution is 5.95. The molecule has 152 valence electrons. The molecule has 0 atom stereocenters. The molecule has 0 unspecified atom stereocenters. The van der Waals surface area contributed by atoms with E-state index in [1.165, 1.54) is 31.5 Å². The van der Waals surface area contributed by atoms with Gasteiger partial charge in [-0.05, 0) is 36.4 Å². The first-order valence-corrected chi connectivity index (χ1v) is 8.71. The Balaban J connectivity index is 1.45. The summed E-state index contributed by atoms with van der Waals surface area (Å²) in [5.41, 5.74) is 3.23. The van der Waals surface area contributed by atoms with Crippen LogP contribution in [0.5, 0.6) is 17.2 Å². The molecule has 0 fully saturated rings. The van der Waals surface area contributed by atoms with Crippen LogP contribution < -0.4 is 19.6 Å². The summed E-state index contributed by atoms with van der Waals surface area (Å²) in [5.74, 6) is 1.77. The molecule has 1 aliphatic rings. The number of methoxy groups -OCH3 is 1. The van der Waals surface area contributed by atoms with E-state index in [1.54, 1.807) is 30.3 Å². The van der Waals surface area contributed by atoms with Crippen molar-refractivity contribution in [2.45, 2.75) is 0 Å². The Labute approximate surface area is 169 Å². The number of nitro benzene ring substituents is 1. The van der Waals surface area contributed by atoms with Gasteiger partial charge in [0.25, 0.3) is 11.6 Å². The standard InChI is InChI=1S/C20H15N3O7/c1-27-18-9-13(23(25)26)3-5-15(18)16-7-4-14(30-16)10-21-22-20(24)12-2-6-17-19(8-12)29-11-28-17/h2-10H,11H2,1H3,(H,22,24)/b21-10-. The molecule has 1 N–H and O–H groups in total. The van der Waals surface area contributed by atoms with E-state index >= 15 is 0 Å². The van der Waals surface area contributed by atoms with E-state index in [1.807, 2.05) is 0 Å². The van der Waals surface area contributed by atoms with E-state index in [9.17, 15) is 14.9 Å². The van der Waals surface area contributed by atoms with Crippen LogP contribution in [0.3, 0.4) is 0 Å². The Hall–Kier alpha value is -4.34. The van der Waals surface area contributed by atoms with Crippen molar-refractivity contribution in [2.24, 2.45) is 5.10 Å². The molecular formula is C20H15N3O7. The maximum absolute atomic E-state index is 12.2. The highest BCUT2D eigenvalue weighted by atomic mass is 16.7. The molecule has 4 rings (SSSR count). The first-order chi connectivity index (χ1) is 14.5. The molecule has 2 heterocycles. The summed E-state index contributed by atoms with van der Waals surface area (Å²) in [7, 11) is 1.42. The van der Waals surface area contributed by atoms with E-state index in [0.717, 1.165) is 0 Å². The maximum Gasteiger partial charge on any atom is 0.273 e. The van der Waals surface area contributed by atoms with Crippen molar-refractivity contribution in [2.75, 3.05) is 13.9 Å². The smallest absolute Gasteiger partial charge is 0.273 e. The van der Waals surface area contributed by atoms with Crippen LogP contribution in [-0.2, 0) is 0 Å². The van der Waals surface area contributed by atoms with Crippen molar-refractivity contribution in [3.8, 4) is 28.6 Å². The normalized spacial score (nSPS) is 12.2. The number of benzene rings is 2. The molecule has 0 spiro atoms. The molecule has 1 amide bonds. The number of nitrogens with one attached hydrogen (secondary N) is 1. The first kappa shape index (κ1) is 19.0. The average molecular weight is 409 g/mol.